The molecule has 1 aliphatic carbocycles. The molecule has 0 aliphatic heterocycles. The van der Waals surface area contributed by atoms with Crippen LogP contribution in [-0.2, 0) is 6.42 Å². The lowest BCUT2D eigenvalue weighted by Gasteiger charge is -2.42. The van der Waals surface area contributed by atoms with Gasteiger partial charge in [-0.3, -0.25) is 4.98 Å². The normalized spacial score (nSPS) is 18.1. The van der Waals surface area contributed by atoms with Crippen LogP contribution in [0.5, 0.6) is 0 Å². The topological polar surface area (TPSA) is 24.9 Å². The molecule has 2 rings (SSSR count). The van der Waals surface area contributed by atoms with Crippen LogP contribution in [0.15, 0.2) is 18.5 Å². The Hall–Kier alpha value is -0.600. The van der Waals surface area contributed by atoms with Gasteiger partial charge in [0.05, 0.1) is 5.02 Å². The van der Waals surface area contributed by atoms with Crippen LogP contribution in [-0.4, -0.2) is 18.1 Å². The number of rotatable bonds is 5. The monoisotopic (exact) mass is 238 g/mol. The Morgan fingerprint density at radius 1 is 1.50 bits per heavy atom. The summed E-state index contributed by atoms with van der Waals surface area (Å²) < 4.78 is 0. The number of hydrogen-bond donors (Lipinski definition) is 1. The molecule has 88 valence electrons. The van der Waals surface area contributed by atoms with Crippen molar-refractivity contribution < 1.29 is 0 Å². The maximum Gasteiger partial charge on any atom is 0.0621 e. The number of nitrogens with one attached hydrogen (secondary N) is 1. The van der Waals surface area contributed by atoms with E-state index in [1.807, 2.05) is 12.3 Å². The largest absolute Gasteiger partial charge is 0.316 e. The van der Waals surface area contributed by atoms with Crippen LogP contribution in [0.4, 0.5) is 0 Å². The van der Waals surface area contributed by atoms with Crippen LogP contribution < -0.4 is 5.32 Å². The molecule has 1 aromatic rings. The highest BCUT2D eigenvalue weighted by Crippen LogP contribution is 2.43. The second-order valence-corrected chi connectivity index (χ2v) is 5.18. The van der Waals surface area contributed by atoms with Gasteiger partial charge in [0.1, 0.15) is 0 Å². The molecule has 16 heavy (non-hydrogen) atoms. The number of nitrogens with zero attached hydrogens (tertiary/aromatic N) is 1. The molecule has 0 radical (unpaired) electrons. The highest BCUT2D eigenvalue weighted by Gasteiger charge is 2.36. The Kier molecular flexibility index (Phi) is 3.82. The third-order valence-electron chi connectivity index (χ3n) is 3.59. The van der Waals surface area contributed by atoms with E-state index in [9.17, 15) is 0 Å². The van der Waals surface area contributed by atoms with E-state index >= 15 is 0 Å². The van der Waals surface area contributed by atoms with Gasteiger partial charge in [-0.1, -0.05) is 24.9 Å². The SMILES string of the molecule is CCNCC1(Cc2ccncc2Cl)CCC1. The predicted molar refractivity (Wildman–Crippen MR) is 67.8 cm³/mol. The molecule has 1 saturated carbocycles. The van der Waals surface area contributed by atoms with E-state index in [-0.39, 0.29) is 0 Å². The highest BCUT2D eigenvalue weighted by molar-refractivity contribution is 6.31. The number of aromatic nitrogens is 1. The van der Waals surface area contributed by atoms with Gasteiger partial charge in [-0.15, -0.1) is 0 Å². The van der Waals surface area contributed by atoms with Gasteiger partial charge in [0, 0.05) is 18.9 Å². The van der Waals surface area contributed by atoms with Gasteiger partial charge in [0.15, 0.2) is 0 Å². The lowest BCUT2D eigenvalue weighted by Crippen LogP contribution is -2.41. The average Bonchev–Trinajstić information content (AvgIpc) is 2.24. The first-order chi connectivity index (χ1) is 7.76. The molecule has 0 bridgehead atoms. The Morgan fingerprint density at radius 3 is 2.88 bits per heavy atom. The van der Waals surface area contributed by atoms with Gasteiger partial charge in [0.25, 0.3) is 0 Å². The van der Waals surface area contributed by atoms with Gasteiger partial charge in [-0.25, -0.2) is 0 Å². The summed E-state index contributed by atoms with van der Waals surface area (Å²) in [6, 6.07) is 2.05. The lowest BCUT2D eigenvalue weighted by molar-refractivity contribution is 0.131. The zero-order valence-electron chi connectivity index (χ0n) is 9.80. The van der Waals surface area contributed by atoms with E-state index in [1.165, 1.54) is 24.8 Å². The number of halogens is 1. The minimum atomic E-state index is 0.445. The van der Waals surface area contributed by atoms with E-state index < -0.39 is 0 Å². The summed E-state index contributed by atoms with van der Waals surface area (Å²) in [5.41, 5.74) is 1.69. The molecule has 0 atom stereocenters. The summed E-state index contributed by atoms with van der Waals surface area (Å²) in [7, 11) is 0. The van der Waals surface area contributed by atoms with Crippen molar-refractivity contribution in [3.63, 3.8) is 0 Å². The fourth-order valence-corrected chi connectivity index (χ4v) is 2.62. The summed E-state index contributed by atoms with van der Waals surface area (Å²) >= 11 is 6.16. The quantitative estimate of drug-likeness (QED) is 0.853. The zero-order chi connectivity index (χ0) is 11.4. The number of pyridine rings is 1. The van der Waals surface area contributed by atoms with Crippen LogP contribution in [0, 0.1) is 5.41 Å². The minimum absolute atomic E-state index is 0.445. The smallest absolute Gasteiger partial charge is 0.0621 e. The molecule has 0 unspecified atom stereocenters. The van der Waals surface area contributed by atoms with Crippen molar-refractivity contribution in [3.8, 4) is 0 Å². The first kappa shape index (κ1) is 11.9. The molecule has 0 spiro atoms. The van der Waals surface area contributed by atoms with Gasteiger partial charge < -0.3 is 5.32 Å². The third-order valence-corrected chi connectivity index (χ3v) is 3.93. The van der Waals surface area contributed by atoms with E-state index in [0.29, 0.717) is 5.41 Å². The van der Waals surface area contributed by atoms with Crippen LogP contribution in [0.3, 0.4) is 0 Å². The van der Waals surface area contributed by atoms with Crippen LogP contribution in [0.2, 0.25) is 5.02 Å². The Labute approximate surface area is 102 Å². The van der Waals surface area contributed by atoms with Crippen molar-refractivity contribution >= 4 is 11.6 Å². The molecule has 3 heteroatoms. The molecule has 2 nitrogen and oxygen atoms in total. The van der Waals surface area contributed by atoms with Gasteiger partial charge >= 0.3 is 0 Å². The third kappa shape index (κ3) is 2.55. The minimum Gasteiger partial charge on any atom is -0.316 e. The molecule has 0 saturated heterocycles. The maximum absolute atomic E-state index is 6.16. The molecule has 1 N–H and O–H groups in total. The summed E-state index contributed by atoms with van der Waals surface area (Å²) in [4.78, 5) is 4.03. The van der Waals surface area contributed by atoms with Gasteiger partial charge in [-0.2, -0.15) is 0 Å². The van der Waals surface area contributed by atoms with Gasteiger partial charge in [-0.05, 0) is 42.9 Å². The molecule has 0 amide bonds. The van der Waals surface area contributed by atoms with E-state index in [1.54, 1.807) is 6.20 Å². The molecule has 1 aromatic heterocycles. The molecular weight excluding hydrogens is 220 g/mol. The van der Waals surface area contributed by atoms with E-state index in [4.69, 9.17) is 11.6 Å². The van der Waals surface area contributed by atoms with Crippen molar-refractivity contribution in [2.45, 2.75) is 32.6 Å². The maximum atomic E-state index is 6.16. The molecule has 1 heterocycles. The Balaban J connectivity index is 2.04. The lowest BCUT2D eigenvalue weighted by atomic mass is 9.65. The predicted octanol–water partition coefficient (Wildman–Crippen LogP) is 3.06. The van der Waals surface area contributed by atoms with E-state index in [0.717, 1.165) is 24.5 Å². The van der Waals surface area contributed by atoms with Crippen LogP contribution in [0.1, 0.15) is 31.7 Å². The molecular formula is C13H19ClN2. The zero-order valence-corrected chi connectivity index (χ0v) is 10.6. The van der Waals surface area contributed by atoms with Crippen LogP contribution in [0.25, 0.3) is 0 Å². The second-order valence-electron chi connectivity index (χ2n) is 4.78. The van der Waals surface area contributed by atoms with Crippen molar-refractivity contribution in [2.24, 2.45) is 5.41 Å². The second kappa shape index (κ2) is 5.15. The Bertz CT molecular complexity index is 348. The first-order valence-corrected chi connectivity index (χ1v) is 6.43. The molecule has 0 aromatic carbocycles. The summed E-state index contributed by atoms with van der Waals surface area (Å²) in [5, 5.41) is 4.28. The van der Waals surface area contributed by atoms with Crippen molar-refractivity contribution in [1.29, 1.82) is 0 Å². The van der Waals surface area contributed by atoms with E-state index in [2.05, 4.69) is 17.2 Å². The molecule has 1 aliphatic rings. The fraction of sp³-hybridized carbons (Fsp3) is 0.615. The average molecular weight is 239 g/mol. The summed E-state index contributed by atoms with van der Waals surface area (Å²) in [6.45, 7) is 4.32. The first-order valence-electron chi connectivity index (χ1n) is 6.05. The molecule has 1 fully saturated rings. The van der Waals surface area contributed by atoms with Crippen molar-refractivity contribution in [1.82, 2.24) is 10.3 Å². The van der Waals surface area contributed by atoms with Crippen molar-refractivity contribution in [3.05, 3.63) is 29.0 Å². The fourth-order valence-electron chi connectivity index (χ4n) is 2.43. The Morgan fingerprint density at radius 2 is 2.31 bits per heavy atom. The highest BCUT2D eigenvalue weighted by atomic mass is 35.5. The van der Waals surface area contributed by atoms with Gasteiger partial charge in [0.2, 0.25) is 0 Å². The summed E-state index contributed by atoms with van der Waals surface area (Å²) in [6.07, 6.45) is 8.66. The standard InChI is InChI=1S/C13H19ClN2/c1-2-15-10-13(5-3-6-13)8-11-4-7-16-9-12(11)14/h4,7,9,15H,2-3,5-6,8,10H2,1H3. The number of hydrogen-bond acceptors (Lipinski definition) is 2. The van der Waals surface area contributed by atoms with Crippen LogP contribution >= 0.6 is 11.6 Å². The van der Waals surface area contributed by atoms with Crippen molar-refractivity contribution in [2.75, 3.05) is 13.1 Å². The summed E-state index contributed by atoms with van der Waals surface area (Å²) in [5.74, 6) is 0.